The Bertz CT molecular complexity index is 1530. The summed E-state index contributed by atoms with van der Waals surface area (Å²) in [6, 6.07) is 20.2. The van der Waals surface area contributed by atoms with Gasteiger partial charge in [-0.25, -0.2) is 0 Å². The molecule has 1 atom stereocenters. The van der Waals surface area contributed by atoms with Gasteiger partial charge in [-0.1, -0.05) is 36.4 Å². The molecule has 0 unspecified atom stereocenters. The first-order valence-corrected chi connectivity index (χ1v) is 13.2. The second kappa shape index (κ2) is 9.74. The van der Waals surface area contributed by atoms with Crippen molar-refractivity contribution in [1.82, 2.24) is 15.1 Å². The minimum absolute atomic E-state index is 0.0114. The van der Waals surface area contributed by atoms with Crippen LogP contribution in [0.3, 0.4) is 0 Å². The van der Waals surface area contributed by atoms with E-state index in [0.29, 0.717) is 6.61 Å². The fraction of sp³-hybridized carbons (Fsp3) is 0.355. The average molecular weight is 550 g/mol. The third-order valence-corrected chi connectivity index (χ3v) is 8.11. The van der Waals surface area contributed by atoms with Crippen molar-refractivity contribution in [3.63, 3.8) is 0 Å². The van der Waals surface area contributed by atoms with E-state index in [1.807, 2.05) is 12.1 Å². The van der Waals surface area contributed by atoms with E-state index in [1.165, 1.54) is 35.9 Å². The molecule has 2 aliphatic rings. The van der Waals surface area contributed by atoms with Crippen LogP contribution in [0.4, 0.5) is 13.2 Å². The minimum atomic E-state index is -4.58. The molecule has 1 fully saturated rings. The summed E-state index contributed by atoms with van der Waals surface area (Å²) in [5.74, 6) is 0.00301. The normalized spacial score (nSPS) is 20.6. The van der Waals surface area contributed by atoms with E-state index in [4.69, 9.17) is 13.9 Å². The highest BCUT2D eigenvalue weighted by atomic mass is 19.4. The molecule has 0 saturated carbocycles. The van der Waals surface area contributed by atoms with Crippen LogP contribution in [0, 0.1) is 0 Å². The van der Waals surface area contributed by atoms with Crippen molar-refractivity contribution in [2.24, 2.45) is 0 Å². The van der Waals surface area contributed by atoms with Crippen LogP contribution in [0.2, 0.25) is 0 Å². The largest absolute Gasteiger partial charge is 0.496 e. The maximum Gasteiger partial charge on any atom is 0.419 e. The van der Waals surface area contributed by atoms with Gasteiger partial charge >= 0.3 is 6.18 Å². The monoisotopic (exact) mass is 549 g/mol. The third-order valence-electron chi connectivity index (χ3n) is 8.11. The number of benzene rings is 3. The SMILES string of the molecule is COc1ccc(-c2nnc(-c3ccc4c(c3)C[C@@]3(CC4)COC(C)(C)N3Cc3ccccc3)o2)cc1C(F)(F)F. The first-order valence-electron chi connectivity index (χ1n) is 13.2. The van der Waals surface area contributed by atoms with E-state index in [0.717, 1.165) is 37.4 Å². The number of nitrogens with zero attached hydrogens (tertiary/aromatic N) is 3. The molecule has 6 rings (SSSR count). The third kappa shape index (κ3) is 4.77. The van der Waals surface area contributed by atoms with Gasteiger partial charge < -0.3 is 13.9 Å². The highest BCUT2D eigenvalue weighted by molar-refractivity contribution is 5.61. The zero-order valence-corrected chi connectivity index (χ0v) is 22.6. The molecule has 1 aliphatic carbocycles. The van der Waals surface area contributed by atoms with Crippen LogP contribution >= 0.6 is 0 Å². The van der Waals surface area contributed by atoms with Gasteiger partial charge in [0.15, 0.2) is 0 Å². The van der Waals surface area contributed by atoms with Crippen LogP contribution in [-0.4, -0.2) is 40.1 Å². The molecule has 1 aromatic heterocycles. The lowest BCUT2D eigenvalue weighted by atomic mass is 9.76. The highest BCUT2D eigenvalue weighted by Crippen LogP contribution is 2.45. The number of hydrogen-bond donors (Lipinski definition) is 0. The second-order valence-electron chi connectivity index (χ2n) is 11.0. The quantitative estimate of drug-likeness (QED) is 0.269. The number of methoxy groups -OCH3 is 1. The van der Waals surface area contributed by atoms with E-state index < -0.39 is 17.5 Å². The van der Waals surface area contributed by atoms with E-state index in [-0.39, 0.29) is 28.6 Å². The lowest BCUT2D eigenvalue weighted by Crippen LogP contribution is -2.54. The Morgan fingerprint density at radius 1 is 0.925 bits per heavy atom. The maximum absolute atomic E-state index is 13.5. The highest BCUT2D eigenvalue weighted by Gasteiger charge is 2.52. The summed E-state index contributed by atoms with van der Waals surface area (Å²) in [5, 5.41) is 8.21. The number of fused-ring (bicyclic) bond motifs is 1. The first kappa shape index (κ1) is 26.5. The number of hydrogen-bond acceptors (Lipinski definition) is 6. The molecule has 6 nitrogen and oxygen atoms in total. The van der Waals surface area contributed by atoms with Crippen molar-refractivity contribution in [3.8, 4) is 28.7 Å². The van der Waals surface area contributed by atoms with E-state index in [1.54, 1.807) is 0 Å². The fourth-order valence-corrected chi connectivity index (χ4v) is 6.01. The van der Waals surface area contributed by atoms with Crippen molar-refractivity contribution >= 4 is 0 Å². The maximum atomic E-state index is 13.5. The molecular formula is C31H30F3N3O3. The molecule has 1 spiro atoms. The van der Waals surface area contributed by atoms with E-state index in [9.17, 15) is 13.2 Å². The zero-order valence-electron chi connectivity index (χ0n) is 22.6. The van der Waals surface area contributed by atoms with Gasteiger partial charge in [-0.2, -0.15) is 13.2 Å². The lowest BCUT2D eigenvalue weighted by molar-refractivity contribution is -0.138. The van der Waals surface area contributed by atoms with Crippen LogP contribution in [0.1, 0.15) is 42.5 Å². The molecule has 0 radical (unpaired) electrons. The standard InChI is InChI=1S/C31H30F3N3O3/c1-29(2)37(18-20-7-5-4-6-8-20)30(19-39-29)14-13-21-9-10-22(15-24(21)17-30)27-35-36-28(40-27)23-11-12-26(38-3)25(16-23)31(32,33)34/h4-12,15-16H,13-14,17-19H2,1-3H3/t30-/m0/s1. The smallest absolute Gasteiger partial charge is 0.419 e. The van der Waals surface area contributed by atoms with Crippen LogP contribution in [0.5, 0.6) is 5.75 Å². The first-order chi connectivity index (χ1) is 19.1. The predicted octanol–water partition coefficient (Wildman–Crippen LogP) is 6.93. The molecule has 0 N–H and O–H groups in total. The van der Waals surface area contributed by atoms with Crippen LogP contribution in [-0.2, 0) is 30.3 Å². The van der Waals surface area contributed by atoms with Crippen molar-refractivity contribution < 1.29 is 27.1 Å². The fourth-order valence-electron chi connectivity index (χ4n) is 6.01. The molecular weight excluding hydrogens is 519 g/mol. The number of halogens is 3. The molecule has 1 saturated heterocycles. The number of aromatic nitrogens is 2. The van der Waals surface area contributed by atoms with E-state index in [2.05, 4.69) is 65.3 Å². The Balaban J connectivity index is 1.29. The number of aryl methyl sites for hydroxylation is 1. The van der Waals surface area contributed by atoms with Gasteiger partial charge in [0.25, 0.3) is 0 Å². The van der Waals surface area contributed by atoms with Crippen molar-refractivity contribution in [2.75, 3.05) is 13.7 Å². The molecule has 0 bridgehead atoms. The van der Waals surface area contributed by atoms with Gasteiger partial charge in [0.1, 0.15) is 11.5 Å². The summed E-state index contributed by atoms with van der Waals surface area (Å²) in [6.07, 6.45) is -1.87. The average Bonchev–Trinajstić information content (AvgIpc) is 3.52. The number of ether oxygens (including phenoxy) is 2. The molecule has 208 valence electrons. The summed E-state index contributed by atoms with van der Waals surface area (Å²) in [5.41, 5.74) is 3.15. The van der Waals surface area contributed by atoms with Crippen molar-refractivity contribution in [2.45, 2.75) is 57.1 Å². The lowest BCUT2D eigenvalue weighted by Gasteiger charge is -2.45. The molecule has 4 aromatic rings. The van der Waals surface area contributed by atoms with Gasteiger partial charge in [0.2, 0.25) is 11.8 Å². The molecule has 3 aromatic carbocycles. The Hall–Kier alpha value is -3.69. The van der Waals surface area contributed by atoms with Gasteiger partial charge in [0, 0.05) is 17.7 Å². The molecule has 1 aliphatic heterocycles. The molecule has 40 heavy (non-hydrogen) atoms. The predicted molar refractivity (Wildman–Crippen MR) is 143 cm³/mol. The summed E-state index contributed by atoms with van der Waals surface area (Å²) in [7, 11) is 1.20. The van der Waals surface area contributed by atoms with Gasteiger partial charge in [-0.3, -0.25) is 4.90 Å². The number of alkyl halides is 3. The Morgan fingerprint density at radius 3 is 2.33 bits per heavy atom. The van der Waals surface area contributed by atoms with E-state index >= 15 is 0 Å². The van der Waals surface area contributed by atoms with Gasteiger partial charge in [-0.05, 0) is 80.1 Å². The summed E-state index contributed by atoms with van der Waals surface area (Å²) < 4.78 is 57.7. The topological polar surface area (TPSA) is 60.6 Å². The Morgan fingerprint density at radius 2 is 1.62 bits per heavy atom. The summed E-state index contributed by atoms with van der Waals surface area (Å²) in [4.78, 5) is 2.48. The van der Waals surface area contributed by atoms with Gasteiger partial charge in [-0.15, -0.1) is 10.2 Å². The second-order valence-corrected chi connectivity index (χ2v) is 11.0. The van der Waals surface area contributed by atoms with Crippen LogP contribution < -0.4 is 4.74 Å². The zero-order chi connectivity index (χ0) is 28.1. The Kier molecular flexibility index (Phi) is 6.46. The van der Waals surface area contributed by atoms with Crippen LogP contribution in [0.25, 0.3) is 22.9 Å². The minimum Gasteiger partial charge on any atom is -0.496 e. The molecule has 9 heteroatoms. The van der Waals surface area contributed by atoms with Gasteiger partial charge in [0.05, 0.1) is 24.8 Å². The molecule has 0 amide bonds. The molecule has 2 heterocycles. The Labute approximate surface area is 230 Å². The van der Waals surface area contributed by atoms with Crippen molar-refractivity contribution in [1.29, 1.82) is 0 Å². The van der Waals surface area contributed by atoms with Crippen LogP contribution in [0.15, 0.2) is 71.1 Å². The van der Waals surface area contributed by atoms with Crippen molar-refractivity contribution in [3.05, 3.63) is 89.0 Å². The number of rotatable bonds is 5. The summed E-state index contributed by atoms with van der Waals surface area (Å²) in [6.45, 7) is 5.68. The summed E-state index contributed by atoms with van der Waals surface area (Å²) >= 11 is 0.